The summed E-state index contributed by atoms with van der Waals surface area (Å²) in [6.45, 7) is 0.914. The van der Waals surface area contributed by atoms with E-state index in [9.17, 15) is 18.0 Å². The van der Waals surface area contributed by atoms with Gasteiger partial charge in [-0.3, -0.25) is 14.7 Å². The lowest BCUT2D eigenvalue weighted by Gasteiger charge is -2.32. The summed E-state index contributed by atoms with van der Waals surface area (Å²) in [4.78, 5) is 24.8. The van der Waals surface area contributed by atoms with Gasteiger partial charge in [0, 0.05) is 31.7 Å². The highest BCUT2D eigenvalue weighted by atomic mass is 32.2. The van der Waals surface area contributed by atoms with Crippen molar-refractivity contribution in [2.45, 2.75) is 18.8 Å². The van der Waals surface area contributed by atoms with Crippen LogP contribution in [-0.2, 0) is 14.8 Å². The van der Waals surface area contributed by atoms with E-state index in [-0.39, 0.29) is 24.1 Å². The Morgan fingerprint density at radius 2 is 2.04 bits per heavy atom. The van der Waals surface area contributed by atoms with Crippen LogP contribution in [0.1, 0.15) is 34.9 Å². The van der Waals surface area contributed by atoms with Crippen molar-refractivity contribution >= 4 is 21.8 Å². The number of hydrogen-bond donors (Lipinski definition) is 2. The van der Waals surface area contributed by atoms with Crippen LogP contribution in [0.3, 0.4) is 0 Å². The number of piperidine rings is 1. The summed E-state index contributed by atoms with van der Waals surface area (Å²) in [5.41, 5.74) is 6.21. The van der Waals surface area contributed by atoms with Gasteiger partial charge in [0.1, 0.15) is 5.69 Å². The van der Waals surface area contributed by atoms with Crippen LogP contribution in [-0.4, -0.2) is 72.6 Å². The molecule has 2 rings (SSSR count). The molecule has 0 atom stereocenters. The molecule has 0 saturated carbocycles. The molecule has 0 radical (unpaired) electrons. The minimum absolute atomic E-state index is 0.153. The number of rotatable bonds is 5. The van der Waals surface area contributed by atoms with E-state index in [4.69, 9.17) is 5.73 Å². The van der Waals surface area contributed by atoms with Crippen LogP contribution in [0.4, 0.5) is 0 Å². The Hall–Kier alpha value is -1.94. The first-order chi connectivity index (χ1) is 10.7. The molecular formula is C13H21N5O4S. The van der Waals surface area contributed by atoms with Crippen molar-refractivity contribution in [1.29, 1.82) is 0 Å². The highest BCUT2D eigenvalue weighted by molar-refractivity contribution is 7.88. The van der Waals surface area contributed by atoms with Gasteiger partial charge in [-0.25, -0.2) is 8.42 Å². The molecule has 2 heterocycles. The predicted molar refractivity (Wildman–Crippen MR) is 83.1 cm³/mol. The Kier molecular flexibility index (Phi) is 5.05. The largest absolute Gasteiger partial charge is 0.364 e. The number of likely N-dealkylation sites (tertiary alicyclic amines) is 1. The number of H-pyrrole nitrogens is 1. The first kappa shape index (κ1) is 17.4. The molecule has 1 saturated heterocycles. The van der Waals surface area contributed by atoms with E-state index in [2.05, 4.69) is 10.2 Å². The number of carbonyl (C=O) groups excluding carboxylic acids is 2. The normalized spacial score (nSPS) is 16.7. The monoisotopic (exact) mass is 343 g/mol. The van der Waals surface area contributed by atoms with Gasteiger partial charge in [0.15, 0.2) is 0 Å². The van der Waals surface area contributed by atoms with Crippen LogP contribution >= 0.6 is 0 Å². The second-order valence-corrected chi connectivity index (χ2v) is 7.84. The number of primary amides is 1. The Morgan fingerprint density at radius 1 is 1.43 bits per heavy atom. The van der Waals surface area contributed by atoms with Crippen LogP contribution in [0.2, 0.25) is 0 Å². The molecule has 1 aromatic heterocycles. The van der Waals surface area contributed by atoms with Crippen LogP contribution in [0.25, 0.3) is 0 Å². The quantitative estimate of drug-likeness (QED) is 0.716. The van der Waals surface area contributed by atoms with Gasteiger partial charge in [0.2, 0.25) is 15.9 Å². The number of hydrogen-bond acceptors (Lipinski definition) is 5. The Bertz CT molecular complexity index is 691. The smallest absolute Gasteiger partial charge is 0.269 e. The highest BCUT2D eigenvalue weighted by Crippen LogP contribution is 2.27. The van der Waals surface area contributed by atoms with Gasteiger partial charge in [-0.05, 0) is 18.9 Å². The van der Waals surface area contributed by atoms with Crippen molar-refractivity contribution < 1.29 is 18.0 Å². The number of amides is 2. The second kappa shape index (κ2) is 6.67. The average Bonchev–Trinajstić information content (AvgIpc) is 2.96. The minimum atomic E-state index is -3.37. The predicted octanol–water partition coefficient (Wildman–Crippen LogP) is -0.894. The van der Waals surface area contributed by atoms with Crippen molar-refractivity contribution in [3.05, 3.63) is 17.5 Å². The molecule has 128 valence electrons. The van der Waals surface area contributed by atoms with Gasteiger partial charge in [-0.1, -0.05) is 0 Å². The summed E-state index contributed by atoms with van der Waals surface area (Å²) in [7, 11) is -1.98. The Morgan fingerprint density at radius 3 is 2.52 bits per heavy atom. The van der Waals surface area contributed by atoms with E-state index in [1.807, 2.05) is 0 Å². The Labute approximate surface area is 134 Å². The SMILES string of the molecule is CN(CC(=O)N1CCC(c2cc(C(N)=O)n[nH]2)CC1)S(C)(=O)=O. The molecule has 0 bridgehead atoms. The van der Waals surface area contributed by atoms with Crippen molar-refractivity contribution in [1.82, 2.24) is 19.4 Å². The van der Waals surface area contributed by atoms with Gasteiger partial charge >= 0.3 is 0 Å². The number of nitrogens with zero attached hydrogens (tertiary/aromatic N) is 3. The van der Waals surface area contributed by atoms with Crippen LogP contribution < -0.4 is 5.73 Å². The average molecular weight is 343 g/mol. The molecule has 9 nitrogen and oxygen atoms in total. The first-order valence-corrected chi connectivity index (χ1v) is 9.07. The van der Waals surface area contributed by atoms with E-state index in [0.717, 1.165) is 16.3 Å². The molecule has 10 heteroatoms. The summed E-state index contributed by atoms with van der Waals surface area (Å²) in [6, 6.07) is 1.64. The summed E-state index contributed by atoms with van der Waals surface area (Å²) in [5, 5.41) is 6.67. The maximum Gasteiger partial charge on any atom is 0.269 e. The number of sulfonamides is 1. The number of aromatic nitrogens is 2. The molecule has 0 spiro atoms. The molecule has 1 aromatic rings. The van der Waals surface area contributed by atoms with E-state index >= 15 is 0 Å². The van der Waals surface area contributed by atoms with Crippen molar-refractivity contribution in [3.8, 4) is 0 Å². The zero-order chi connectivity index (χ0) is 17.2. The molecular weight excluding hydrogens is 322 g/mol. The number of aromatic amines is 1. The molecule has 1 fully saturated rings. The van der Waals surface area contributed by atoms with Crippen molar-refractivity contribution in [3.63, 3.8) is 0 Å². The minimum Gasteiger partial charge on any atom is -0.364 e. The topological polar surface area (TPSA) is 129 Å². The lowest BCUT2D eigenvalue weighted by molar-refractivity contribution is -0.132. The molecule has 1 aliphatic rings. The fourth-order valence-corrected chi connectivity index (χ4v) is 2.86. The second-order valence-electron chi connectivity index (χ2n) is 5.75. The zero-order valence-electron chi connectivity index (χ0n) is 13.2. The van der Waals surface area contributed by atoms with Gasteiger partial charge in [0.05, 0.1) is 12.8 Å². The number of nitrogens with one attached hydrogen (secondary N) is 1. The van der Waals surface area contributed by atoms with Crippen LogP contribution in [0.5, 0.6) is 0 Å². The standard InChI is InChI=1S/C13H21N5O4S/c1-17(23(2,21)22)8-12(19)18-5-3-9(4-6-18)10-7-11(13(14)20)16-15-10/h7,9H,3-6,8H2,1-2H3,(H2,14,20)(H,15,16). The Balaban J connectivity index is 1.90. The summed E-state index contributed by atoms with van der Waals surface area (Å²) >= 11 is 0. The molecule has 1 aliphatic heterocycles. The summed E-state index contributed by atoms with van der Waals surface area (Å²) < 4.78 is 23.7. The number of carbonyl (C=O) groups is 2. The molecule has 23 heavy (non-hydrogen) atoms. The van der Waals surface area contributed by atoms with Gasteiger partial charge in [-0.2, -0.15) is 9.40 Å². The van der Waals surface area contributed by atoms with Gasteiger partial charge in [-0.15, -0.1) is 0 Å². The van der Waals surface area contributed by atoms with E-state index in [0.29, 0.717) is 25.9 Å². The van der Waals surface area contributed by atoms with Gasteiger partial charge < -0.3 is 10.6 Å². The lowest BCUT2D eigenvalue weighted by atomic mass is 9.93. The third-order valence-electron chi connectivity index (χ3n) is 4.06. The first-order valence-electron chi connectivity index (χ1n) is 7.22. The summed E-state index contributed by atoms with van der Waals surface area (Å²) in [5.74, 6) is -0.616. The van der Waals surface area contributed by atoms with E-state index in [1.54, 1.807) is 11.0 Å². The van der Waals surface area contributed by atoms with Crippen LogP contribution in [0, 0.1) is 0 Å². The fourth-order valence-electron chi connectivity index (χ4n) is 2.52. The molecule has 0 aromatic carbocycles. The van der Waals surface area contributed by atoms with Gasteiger partial charge in [0.25, 0.3) is 5.91 Å². The highest BCUT2D eigenvalue weighted by Gasteiger charge is 2.27. The molecule has 0 unspecified atom stereocenters. The molecule has 2 amide bonds. The van der Waals surface area contributed by atoms with E-state index in [1.165, 1.54) is 7.05 Å². The van der Waals surface area contributed by atoms with E-state index < -0.39 is 15.9 Å². The number of likely N-dealkylation sites (N-methyl/N-ethyl adjacent to an activating group) is 1. The summed E-state index contributed by atoms with van der Waals surface area (Å²) in [6.07, 6.45) is 2.50. The lowest BCUT2D eigenvalue weighted by Crippen LogP contribution is -2.44. The third kappa shape index (κ3) is 4.29. The van der Waals surface area contributed by atoms with Crippen molar-refractivity contribution in [2.75, 3.05) is 32.9 Å². The third-order valence-corrected chi connectivity index (χ3v) is 5.32. The maximum absolute atomic E-state index is 12.1. The maximum atomic E-state index is 12.1. The van der Waals surface area contributed by atoms with Crippen molar-refractivity contribution in [2.24, 2.45) is 5.73 Å². The molecule has 0 aliphatic carbocycles. The molecule has 3 N–H and O–H groups in total. The zero-order valence-corrected chi connectivity index (χ0v) is 14.0. The fraction of sp³-hybridized carbons (Fsp3) is 0.615. The number of nitrogens with two attached hydrogens (primary N) is 1. The van der Waals surface area contributed by atoms with Crippen LogP contribution in [0.15, 0.2) is 6.07 Å².